The Morgan fingerprint density at radius 2 is 1.46 bits per heavy atom. The van der Waals surface area contributed by atoms with Gasteiger partial charge < -0.3 is 13.7 Å². The van der Waals surface area contributed by atoms with Gasteiger partial charge in [0.2, 0.25) is 0 Å². The molecule has 1 aromatic carbocycles. The number of unbranched alkanes of at least 4 members (excludes halogenated alkanes) is 6. The fourth-order valence-corrected chi connectivity index (χ4v) is 2.77. The standard InChI is InChI=1S/C15H24O4S.C4H10O.C2H4O/c1-2-3-4-5-6-7-8-11-14-12-9-10-13-15(14)19-20(16,17)18;1-3-5-4-2;1-2-3-1/h9-10,12-13H,2-8,11H2,1H3,(H,16,17,18);3-4H2,1-2H3;1-2H2. The van der Waals surface area contributed by atoms with Crippen LogP contribution in [0.2, 0.25) is 0 Å². The Hall–Kier alpha value is -1.15. The van der Waals surface area contributed by atoms with E-state index in [-0.39, 0.29) is 5.75 Å². The lowest BCUT2D eigenvalue weighted by atomic mass is 10.0. The first-order valence-corrected chi connectivity index (χ1v) is 11.7. The van der Waals surface area contributed by atoms with E-state index < -0.39 is 10.4 Å². The van der Waals surface area contributed by atoms with E-state index in [9.17, 15) is 8.42 Å². The van der Waals surface area contributed by atoms with Crippen LogP contribution in [-0.2, 0) is 26.3 Å². The van der Waals surface area contributed by atoms with Gasteiger partial charge >= 0.3 is 10.4 Å². The normalized spacial score (nSPS) is 12.3. The Morgan fingerprint density at radius 3 is 1.93 bits per heavy atom. The van der Waals surface area contributed by atoms with Crippen LogP contribution in [0.3, 0.4) is 0 Å². The van der Waals surface area contributed by atoms with Crippen molar-refractivity contribution in [3.05, 3.63) is 29.8 Å². The van der Waals surface area contributed by atoms with E-state index in [0.29, 0.717) is 0 Å². The Labute approximate surface area is 171 Å². The minimum Gasteiger partial charge on any atom is -0.382 e. The molecule has 1 fully saturated rings. The second-order valence-electron chi connectivity index (χ2n) is 6.38. The summed E-state index contributed by atoms with van der Waals surface area (Å²) in [6, 6.07) is 6.92. The third kappa shape index (κ3) is 19.6. The maximum absolute atomic E-state index is 10.8. The molecule has 164 valence electrons. The van der Waals surface area contributed by atoms with Gasteiger partial charge in [0, 0.05) is 13.2 Å². The number of epoxide rings is 1. The van der Waals surface area contributed by atoms with Gasteiger partial charge in [0.05, 0.1) is 13.2 Å². The first kappa shape index (κ1) is 26.9. The molecule has 0 saturated carbocycles. The molecular formula is C21H38O6S. The second kappa shape index (κ2) is 17.9. The Kier molecular flexibility index (Phi) is 17.2. The predicted molar refractivity (Wildman–Crippen MR) is 113 cm³/mol. The van der Waals surface area contributed by atoms with Crippen LogP contribution < -0.4 is 4.18 Å². The fourth-order valence-electron chi connectivity index (χ4n) is 2.38. The SMILES string of the molecule is C1CO1.CCCCCCCCCc1ccccc1OS(=O)(=O)O.CCOCC. The molecule has 0 aromatic heterocycles. The number of hydrogen-bond acceptors (Lipinski definition) is 5. The van der Waals surface area contributed by atoms with Crippen molar-refractivity contribution in [2.75, 3.05) is 26.4 Å². The molecule has 1 aliphatic rings. The smallest absolute Gasteiger partial charge is 0.382 e. The fraction of sp³-hybridized carbons (Fsp3) is 0.714. The van der Waals surface area contributed by atoms with E-state index >= 15 is 0 Å². The molecule has 7 heteroatoms. The monoisotopic (exact) mass is 418 g/mol. The molecule has 1 aromatic rings. The summed E-state index contributed by atoms with van der Waals surface area (Å²) in [5.74, 6) is 0.223. The summed E-state index contributed by atoms with van der Waals surface area (Å²) >= 11 is 0. The summed E-state index contributed by atoms with van der Waals surface area (Å²) in [6.07, 6.45) is 9.20. The van der Waals surface area contributed by atoms with Crippen LogP contribution in [0.15, 0.2) is 24.3 Å². The van der Waals surface area contributed by atoms with E-state index in [1.807, 2.05) is 26.0 Å². The minimum atomic E-state index is -4.45. The number of rotatable bonds is 12. The molecule has 2 rings (SSSR count). The van der Waals surface area contributed by atoms with Crippen molar-refractivity contribution < 1.29 is 26.6 Å². The average molecular weight is 419 g/mol. The quantitative estimate of drug-likeness (QED) is 0.284. The summed E-state index contributed by atoms with van der Waals surface area (Å²) < 4.78 is 44.2. The van der Waals surface area contributed by atoms with Gasteiger partial charge in [-0.15, -0.1) is 0 Å². The number of para-hydroxylation sites is 1. The summed E-state index contributed by atoms with van der Waals surface area (Å²) in [7, 11) is -4.45. The van der Waals surface area contributed by atoms with Crippen molar-refractivity contribution >= 4 is 10.4 Å². The second-order valence-corrected chi connectivity index (χ2v) is 7.41. The molecule has 0 radical (unpaired) electrons. The number of benzene rings is 1. The van der Waals surface area contributed by atoms with Crippen molar-refractivity contribution in [3.8, 4) is 5.75 Å². The van der Waals surface area contributed by atoms with Gasteiger partial charge in [-0.25, -0.2) is 0 Å². The predicted octanol–water partition coefficient (Wildman–Crippen LogP) is 5.22. The zero-order valence-electron chi connectivity index (χ0n) is 17.7. The van der Waals surface area contributed by atoms with Crippen LogP contribution in [0.5, 0.6) is 5.75 Å². The summed E-state index contributed by atoms with van der Waals surface area (Å²) in [5, 5.41) is 0. The van der Waals surface area contributed by atoms with Gasteiger partial charge in [0.15, 0.2) is 0 Å². The minimum absolute atomic E-state index is 0.223. The van der Waals surface area contributed by atoms with Crippen molar-refractivity contribution in [1.82, 2.24) is 0 Å². The summed E-state index contributed by atoms with van der Waals surface area (Å²) in [6.45, 7) is 9.87. The molecule has 0 atom stereocenters. The molecule has 28 heavy (non-hydrogen) atoms. The number of ether oxygens (including phenoxy) is 2. The van der Waals surface area contributed by atoms with E-state index in [1.54, 1.807) is 12.1 Å². The Balaban J connectivity index is 0.000000754. The average Bonchev–Trinajstić information content (AvgIpc) is 3.51. The van der Waals surface area contributed by atoms with Crippen molar-refractivity contribution in [2.24, 2.45) is 0 Å². The van der Waals surface area contributed by atoms with Crippen LogP contribution in [0, 0.1) is 0 Å². The highest BCUT2D eigenvalue weighted by molar-refractivity contribution is 7.81. The van der Waals surface area contributed by atoms with Gasteiger partial charge in [-0.3, -0.25) is 4.55 Å². The Morgan fingerprint density at radius 1 is 0.929 bits per heavy atom. The van der Waals surface area contributed by atoms with Gasteiger partial charge in [0.25, 0.3) is 0 Å². The maximum Gasteiger partial charge on any atom is 0.446 e. The molecule has 0 bridgehead atoms. The van der Waals surface area contributed by atoms with Gasteiger partial charge in [-0.05, 0) is 38.3 Å². The zero-order chi connectivity index (χ0) is 21.1. The van der Waals surface area contributed by atoms with Crippen molar-refractivity contribution in [1.29, 1.82) is 0 Å². The van der Waals surface area contributed by atoms with Crippen LogP contribution in [0.4, 0.5) is 0 Å². The summed E-state index contributed by atoms with van der Waals surface area (Å²) in [5.41, 5.74) is 0.818. The molecule has 1 heterocycles. The Bertz CT molecular complexity index is 567. The lowest BCUT2D eigenvalue weighted by Crippen LogP contribution is -2.08. The molecule has 0 amide bonds. The first-order chi connectivity index (χ1) is 13.4. The summed E-state index contributed by atoms with van der Waals surface area (Å²) in [4.78, 5) is 0. The molecule has 0 unspecified atom stereocenters. The topological polar surface area (TPSA) is 85.4 Å². The van der Waals surface area contributed by atoms with E-state index in [0.717, 1.165) is 51.3 Å². The van der Waals surface area contributed by atoms with Gasteiger partial charge in [0.1, 0.15) is 5.75 Å². The zero-order valence-corrected chi connectivity index (χ0v) is 18.5. The van der Waals surface area contributed by atoms with Crippen LogP contribution in [-0.4, -0.2) is 39.4 Å². The molecule has 0 aliphatic carbocycles. The first-order valence-electron chi connectivity index (χ1n) is 10.3. The highest BCUT2D eigenvalue weighted by Gasteiger charge is 2.10. The third-order valence-electron chi connectivity index (χ3n) is 3.83. The van der Waals surface area contributed by atoms with Crippen LogP contribution in [0.25, 0.3) is 0 Å². The van der Waals surface area contributed by atoms with Gasteiger partial charge in [-0.1, -0.05) is 63.6 Å². The molecule has 1 aliphatic heterocycles. The molecule has 1 N–H and O–H groups in total. The lowest BCUT2D eigenvalue weighted by Gasteiger charge is -2.08. The largest absolute Gasteiger partial charge is 0.446 e. The lowest BCUT2D eigenvalue weighted by molar-refractivity contribution is 0.162. The van der Waals surface area contributed by atoms with Crippen LogP contribution >= 0.6 is 0 Å². The molecule has 0 spiro atoms. The van der Waals surface area contributed by atoms with Crippen LogP contribution in [0.1, 0.15) is 71.3 Å². The molecular weight excluding hydrogens is 380 g/mol. The molecule has 6 nitrogen and oxygen atoms in total. The number of hydrogen-bond donors (Lipinski definition) is 1. The van der Waals surface area contributed by atoms with E-state index in [2.05, 4.69) is 15.8 Å². The van der Waals surface area contributed by atoms with E-state index in [4.69, 9.17) is 9.29 Å². The van der Waals surface area contributed by atoms with E-state index in [1.165, 1.54) is 32.1 Å². The van der Waals surface area contributed by atoms with Crippen molar-refractivity contribution in [2.45, 2.75) is 72.1 Å². The highest BCUT2D eigenvalue weighted by Crippen LogP contribution is 2.22. The third-order valence-corrected chi connectivity index (χ3v) is 4.22. The van der Waals surface area contributed by atoms with Crippen molar-refractivity contribution in [3.63, 3.8) is 0 Å². The molecule has 1 saturated heterocycles. The maximum atomic E-state index is 10.8. The highest BCUT2D eigenvalue weighted by atomic mass is 32.3. The van der Waals surface area contributed by atoms with Gasteiger partial charge in [-0.2, -0.15) is 8.42 Å². The number of aryl methyl sites for hydroxylation is 1.